The van der Waals surface area contributed by atoms with Gasteiger partial charge >= 0.3 is 0 Å². The molecule has 0 aliphatic carbocycles. The number of nitrogens with zero attached hydrogens (tertiary/aromatic N) is 3. The van der Waals surface area contributed by atoms with E-state index in [0.29, 0.717) is 12.1 Å². The van der Waals surface area contributed by atoms with Crippen molar-refractivity contribution in [2.24, 2.45) is 0 Å². The zero-order chi connectivity index (χ0) is 28.4. The molecule has 1 spiro atoms. The summed E-state index contributed by atoms with van der Waals surface area (Å²) in [5.74, 6) is -0.224. The van der Waals surface area contributed by atoms with Crippen molar-refractivity contribution in [1.29, 1.82) is 0 Å². The maximum atomic E-state index is 13.8. The van der Waals surface area contributed by atoms with Gasteiger partial charge in [0.2, 0.25) is 0 Å². The summed E-state index contributed by atoms with van der Waals surface area (Å²) in [7, 11) is 0. The predicted octanol–water partition coefficient (Wildman–Crippen LogP) is 8.04. The van der Waals surface area contributed by atoms with Crippen LogP contribution in [-0.4, -0.2) is 42.0 Å². The largest absolute Gasteiger partial charge is 0.307 e. The zero-order valence-electron chi connectivity index (χ0n) is 22.9. The molecular weight excluding hydrogens is 553 g/mol. The third kappa shape index (κ3) is 6.10. The standard InChI is InChI=1S/C34H31ClFN3OS/c1-24-21-26(14-17-37-24)33(40)39-23-34(15-19-38(20-16-34)18-2-3-25-4-6-27(35)7-5-25)31-22-30(12-13-32(31)39)41-29-10-8-28(36)9-11-29/h2-14,17,21-22H,15-16,18-20,23H2,1H3. The third-order valence-corrected chi connectivity index (χ3v) is 9.34. The first kappa shape index (κ1) is 27.7. The van der Waals surface area contributed by atoms with Crippen LogP contribution in [0.5, 0.6) is 0 Å². The molecule has 41 heavy (non-hydrogen) atoms. The summed E-state index contributed by atoms with van der Waals surface area (Å²) in [6.07, 6.45) is 8.00. The maximum absolute atomic E-state index is 13.8. The molecule has 6 rings (SSSR count). The smallest absolute Gasteiger partial charge is 0.258 e. The van der Waals surface area contributed by atoms with E-state index in [0.717, 1.165) is 64.2 Å². The Morgan fingerprint density at radius 3 is 2.46 bits per heavy atom. The van der Waals surface area contributed by atoms with Gasteiger partial charge in [-0.15, -0.1) is 0 Å². The molecule has 1 aromatic heterocycles. The predicted molar refractivity (Wildman–Crippen MR) is 165 cm³/mol. The van der Waals surface area contributed by atoms with Gasteiger partial charge in [0.25, 0.3) is 5.91 Å². The molecule has 0 atom stereocenters. The number of anilines is 1. The summed E-state index contributed by atoms with van der Waals surface area (Å²) in [4.78, 5) is 24.6. The molecule has 2 aliphatic heterocycles. The van der Waals surface area contributed by atoms with Gasteiger partial charge in [-0.3, -0.25) is 14.7 Å². The van der Waals surface area contributed by atoms with Crippen molar-refractivity contribution in [2.75, 3.05) is 31.1 Å². The molecule has 1 saturated heterocycles. The highest BCUT2D eigenvalue weighted by Gasteiger charge is 2.46. The second-order valence-corrected chi connectivity index (χ2v) is 12.4. The van der Waals surface area contributed by atoms with Gasteiger partial charge in [-0.25, -0.2) is 4.39 Å². The fourth-order valence-electron chi connectivity index (χ4n) is 5.87. The summed E-state index contributed by atoms with van der Waals surface area (Å²) in [5.41, 5.74) is 4.75. The summed E-state index contributed by atoms with van der Waals surface area (Å²) in [6.45, 7) is 5.37. The van der Waals surface area contributed by atoms with E-state index in [1.807, 2.05) is 42.2 Å². The van der Waals surface area contributed by atoms with Gasteiger partial charge in [0.05, 0.1) is 0 Å². The van der Waals surface area contributed by atoms with Gasteiger partial charge < -0.3 is 4.90 Å². The van der Waals surface area contributed by atoms with Gasteiger partial charge in [-0.05, 0) is 111 Å². The van der Waals surface area contributed by atoms with E-state index in [4.69, 9.17) is 11.6 Å². The average Bonchev–Trinajstić information content (AvgIpc) is 3.29. The van der Waals surface area contributed by atoms with Crippen LogP contribution in [0.3, 0.4) is 0 Å². The average molecular weight is 584 g/mol. The Kier molecular flexibility index (Phi) is 7.98. The van der Waals surface area contributed by atoms with Crippen molar-refractivity contribution in [3.05, 3.63) is 124 Å². The van der Waals surface area contributed by atoms with Crippen LogP contribution in [0, 0.1) is 12.7 Å². The number of pyridine rings is 1. The number of aryl methyl sites for hydroxylation is 1. The number of rotatable bonds is 6. The van der Waals surface area contributed by atoms with E-state index in [1.54, 1.807) is 36.2 Å². The number of piperidine rings is 1. The molecule has 3 aromatic carbocycles. The van der Waals surface area contributed by atoms with E-state index in [2.05, 4.69) is 40.2 Å². The summed E-state index contributed by atoms with van der Waals surface area (Å²) in [6, 6.07) is 24.5. The molecule has 3 heterocycles. The molecule has 0 N–H and O–H groups in total. The summed E-state index contributed by atoms with van der Waals surface area (Å²) >= 11 is 7.64. The topological polar surface area (TPSA) is 36.4 Å². The highest BCUT2D eigenvalue weighted by molar-refractivity contribution is 7.99. The zero-order valence-corrected chi connectivity index (χ0v) is 24.5. The maximum Gasteiger partial charge on any atom is 0.258 e. The number of carbonyl (C=O) groups excluding carboxylic acids is 1. The lowest BCUT2D eigenvalue weighted by atomic mass is 9.74. The number of aromatic nitrogens is 1. The van der Waals surface area contributed by atoms with E-state index in [9.17, 15) is 9.18 Å². The van der Waals surface area contributed by atoms with Crippen molar-refractivity contribution >= 4 is 41.0 Å². The molecule has 208 valence electrons. The summed E-state index contributed by atoms with van der Waals surface area (Å²) < 4.78 is 13.5. The Hall–Kier alpha value is -3.45. The molecule has 0 radical (unpaired) electrons. The Bertz CT molecular complexity index is 1580. The fraction of sp³-hybridized carbons (Fsp3) is 0.235. The van der Waals surface area contributed by atoms with Gasteiger partial charge in [0.1, 0.15) is 5.82 Å². The number of likely N-dealkylation sites (tertiary alicyclic amines) is 1. The van der Waals surface area contributed by atoms with Crippen molar-refractivity contribution in [1.82, 2.24) is 9.88 Å². The van der Waals surface area contributed by atoms with Crippen LogP contribution >= 0.6 is 23.4 Å². The second kappa shape index (κ2) is 11.8. The van der Waals surface area contributed by atoms with Gasteiger partial charge in [-0.2, -0.15) is 0 Å². The van der Waals surface area contributed by atoms with Crippen LogP contribution in [0.25, 0.3) is 6.08 Å². The van der Waals surface area contributed by atoms with Gasteiger partial charge in [-0.1, -0.05) is 47.6 Å². The molecule has 0 bridgehead atoms. The Morgan fingerprint density at radius 1 is 1.00 bits per heavy atom. The minimum Gasteiger partial charge on any atom is -0.307 e. The van der Waals surface area contributed by atoms with Crippen LogP contribution in [0.4, 0.5) is 10.1 Å². The normalized spacial score (nSPS) is 16.4. The first-order chi connectivity index (χ1) is 19.9. The van der Waals surface area contributed by atoms with Gasteiger partial charge in [0, 0.05) is 56.5 Å². The number of amides is 1. The molecule has 1 amide bonds. The molecule has 7 heteroatoms. The molecule has 4 nitrogen and oxygen atoms in total. The number of hydrogen-bond acceptors (Lipinski definition) is 4. The van der Waals surface area contributed by atoms with Gasteiger partial charge in [0.15, 0.2) is 0 Å². The first-order valence-electron chi connectivity index (χ1n) is 13.9. The molecule has 2 aliphatic rings. The first-order valence-corrected chi connectivity index (χ1v) is 15.0. The van der Waals surface area contributed by atoms with E-state index < -0.39 is 0 Å². The Balaban J connectivity index is 1.24. The highest BCUT2D eigenvalue weighted by atomic mass is 35.5. The lowest BCUT2D eigenvalue weighted by Crippen LogP contribution is -2.46. The monoisotopic (exact) mass is 583 g/mol. The van der Waals surface area contributed by atoms with Crippen molar-refractivity contribution in [3.8, 4) is 0 Å². The minimum atomic E-state index is -0.238. The lowest BCUT2D eigenvalue weighted by molar-refractivity contribution is 0.0977. The number of halogens is 2. The SMILES string of the molecule is Cc1cc(C(=O)N2CC3(CCN(CC=Cc4ccc(Cl)cc4)CC3)c3cc(Sc4ccc(F)cc4)ccc32)ccn1. The quantitative estimate of drug-likeness (QED) is 0.230. The van der Waals surface area contributed by atoms with Crippen LogP contribution in [0.2, 0.25) is 5.02 Å². The van der Waals surface area contributed by atoms with Crippen molar-refractivity contribution < 1.29 is 9.18 Å². The molecule has 0 unspecified atom stereocenters. The van der Waals surface area contributed by atoms with E-state index in [1.165, 1.54) is 17.7 Å². The third-order valence-electron chi connectivity index (χ3n) is 8.09. The molecule has 1 fully saturated rings. The second-order valence-electron chi connectivity index (χ2n) is 10.8. The minimum absolute atomic E-state index is 0.0147. The van der Waals surface area contributed by atoms with Crippen LogP contribution in [0.1, 0.15) is 40.0 Å². The number of fused-ring (bicyclic) bond motifs is 2. The molecule has 4 aromatic rings. The number of benzene rings is 3. The van der Waals surface area contributed by atoms with Crippen LogP contribution < -0.4 is 4.90 Å². The fourth-order valence-corrected chi connectivity index (χ4v) is 6.85. The number of hydrogen-bond donors (Lipinski definition) is 0. The van der Waals surface area contributed by atoms with Crippen molar-refractivity contribution in [3.63, 3.8) is 0 Å². The van der Waals surface area contributed by atoms with E-state index in [-0.39, 0.29) is 17.1 Å². The number of carbonyl (C=O) groups is 1. The summed E-state index contributed by atoms with van der Waals surface area (Å²) in [5, 5.41) is 0.742. The lowest BCUT2D eigenvalue weighted by Gasteiger charge is -2.39. The Morgan fingerprint density at radius 2 is 1.73 bits per heavy atom. The van der Waals surface area contributed by atoms with Crippen molar-refractivity contribution in [2.45, 2.75) is 35.0 Å². The van der Waals surface area contributed by atoms with E-state index >= 15 is 0 Å². The molecule has 0 saturated carbocycles. The highest BCUT2D eigenvalue weighted by Crippen LogP contribution is 2.49. The Labute approximate surface area is 249 Å². The van der Waals surface area contributed by atoms with Crippen LogP contribution in [-0.2, 0) is 5.41 Å². The molecular formula is C34H31ClFN3OS. The van der Waals surface area contributed by atoms with Crippen LogP contribution in [0.15, 0.2) is 101 Å².